The Hall–Kier alpha value is -1.59. The van der Waals surface area contributed by atoms with Crippen LogP contribution in [0.4, 0.5) is 0 Å². The Morgan fingerprint density at radius 2 is 0.711 bits per heavy atom. The van der Waals surface area contributed by atoms with Gasteiger partial charge in [-0.15, -0.1) is 0 Å². The largest absolute Gasteiger partial charge is 0.394 e. The van der Waals surface area contributed by atoms with Crippen LogP contribution in [0.1, 0.15) is 373 Å². The maximum Gasteiger partial charge on any atom is 0.220 e. The molecule has 0 radical (unpaired) electrons. The summed E-state index contributed by atoms with van der Waals surface area (Å²) in [5, 5.41) is 54.9. The van der Waals surface area contributed by atoms with Crippen LogP contribution in [0.3, 0.4) is 0 Å². The molecule has 0 saturated carbocycles. The number of carbonyl (C=O) groups excluding carboxylic acids is 1. The zero-order chi connectivity index (χ0) is 60.0. The first-order chi connectivity index (χ1) is 40.8. The van der Waals surface area contributed by atoms with Crippen molar-refractivity contribution in [1.82, 2.24) is 5.32 Å². The first-order valence-corrected chi connectivity index (χ1v) is 36.7. The van der Waals surface area contributed by atoms with Crippen molar-refractivity contribution in [2.75, 3.05) is 13.2 Å². The Morgan fingerprint density at radius 3 is 1.05 bits per heavy atom. The van der Waals surface area contributed by atoms with Gasteiger partial charge in [0.2, 0.25) is 5.91 Å². The highest BCUT2D eigenvalue weighted by Crippen LogP contribution is 2.24. The lowest BCUT2D eigenvalue weighted by molar-refractivity contribution is -0.302. The number of unbranched alkanes of at least 4 members (excludes halogenated alkanes) is 49. The number of nitrogens with one attached hydrogen (secondary N) is 1. The maximum atomic E-state index is 13.1. The van der Waals surface area contributed by atoms with Crippen LogP contribution in [-0.2, 0) is 14.3 Å². The summed E-state index contributed by atoms with van der Waals surface area (Å²) in [5.74, 6) is -0.136. The third-order valence-electron chi connectivity index (χ3n) is 17.7. The van der Waals surface area contributed by atoms with Gasteiger partial charge < -0.3 is 40.3 Å². The van der Waals surface area contributed by atoms with E-state index in [1.54, 1.807) is 0 Å². The quantitative estimate of drug-likeness (QED) is 0.0261. The van der Waals surface area contributed by atoms with Gasteiger partial charge in [0.25, 0.3) is 0 Å². The Bertz CT molecular complexity index is 1410. The maximum absolute atomic E-state index is 13.1. The molecular weight excluding hydrogens is 1030 g/mol. The number of ether oxygens (including phenoxy) is 2. The van der Waals surface area contributed by atoms with Crippen LogP contribution in [0.2, 0.25) is 0 Å². The fourth-order valence-corrected chi connectivity index (χ4v) is 12.0. The van der Waals surface area contributed by atoms with E-state index in [1.807, 2.05) is 0 Å². The van der Waals surface area contributed by atoms with Crippen LogP contribution >= 0.6 is 0 Å². The van der Waals surface area contributed by atoms with Gasteiger partial charge >= 0.3 is 0 Å². The van der Waals surface area contributed by atoms with Crippen molar-refractivity contribution in [3.63, 3.8) is 0 Å². The van der Waals surface area contributed by atoms with Crippen molar-refractivity contribution in [1.29, 1.82) is 0 Å². The number of hydrogen-bond donors (Lipinski definition) is 6. The first kappa shape index (κ1) is 79.4. The number of aliphatic hydroxyl groups excluding tert-OH is 5. The van der Waals surface area contributed by atoms with Gasteiger partial charge in [-0.05, 0) is 51.4 Å². The van der Waals surface area contributed by atoms with Crippen molar-refractivity contribution in [2.45, 2.75) is 416 Å². The van der Waals surface area contributed by atoms with Crippen LogP contribution < -0.4 is 5.32 Å². The first-order valence-electron chi connectivity index (χ1n) is 36.7. The van der Waals surface area contributed by atoms with Gasteiger partial charge in [-0.2, -0.15) is 0 Å². The summed E-state index contributed by atoms with van der Waals surface area (Å²) in [6, 6.07) is -0.717. The van der Waals surface area contributed by atoms with E-state index in [4.69, 9.17) is 9.47 Å². The Kier molecular flexibility index (Phi) is 60.7. The molecule has 490 valence electrons. The topological polar surface area (TPSA) is 149 Å². The lowest BCUT2D eigenvalue weighted by Gasteiger charge is -2.40. The molecule has 0 aromatic carbocycles. The molecule has 0 aromatic rings. The second-order valence-corrected chi connectivity index (χ2v) is 25.7. The zero-order valence-corrected chi connectivity index (χ0v) is 55.0. The van der Waals surface area contributed by atoms with Gasteiger partial charge in [0, 0.05) is 6.42 Å². The van der Waals surface area contributed by atoms with Gasteiger partial charge in [0.05, 0.1) is 25.4 Å². The second-order valence-electron chi connectivity index (χ2n) is 25.7. The standard InChI is InChI=1S/C74H141NO8/c1-3-5-7-9-11-13-15-17-19-21-23-24-25-26-27-28-29-30-31-32-33-34-35-36-37-38-39-40-41-42-43-44-46-48-50-52-54-56-58-60-62-64-70(78)75-67(66-82-74-73(81)72(80)71(79)69(65-76)83-74)68(77)63-61-59-57-55-53-51-49-47-45-22-20-18-16-14-12-10-8-6-4-2/h15,17,21,23,25-26,67-69,71-74,76-77,79-81H,3-14,16,18-20,22,24,27-66H2,1-2H3,(H,75,78)/b17-15-,23-21-,26-25-. The molecule has 1 aliphatic heterocycles. The number of carbonyl (C=O) groups is 1. The number of rotatable bonds is 65. The molecule has 7 unspecified atom stereocenters. The van der Waals surface area contributed by atoms with Gasteiger partial charge in [-0.25, -0.2) is 0 Å². The highest BCUT2D eigenvalue weighted by Gasteiger charge is 2.44. The van der Waals surface area contributed by atoms with Crippen LogP contribution in [0.25, 0.3) is 0 Å². The number of amides is 1. The third kappa shape index (κ3) is 52.1. The third-order valence-corrected chi connectivity index (χ3v) is 17.7. The summed E-state index contributed by atoms with van der Waals surface area (Å²) in [6.07, 6.45) is 78.1. The van der Waals surface area contributed by atoms with E-state index in [9.17, 15) is 30.3 Å². The molecule has 83 heavy (non-hydrogen) atoms. The summed E-state index contributed by atoms with van der Waals surface area (Å²) in [7, 11) is 0. The highest BCUT2D eigenvalue weighted by atomic mass is 16.7. The van der Waals surface area contributed by atoms with Gasteiger partial charge in [0.1, 0.15) is 24.4 Å². The molecule has 1 fully saturated rings. The molecule has 9 nitrogen and oxygen atoms in total. The number of allylic oxidation sites excluding steroid dienone is 6. The van der Waals surface area contributed by atoms with Crippen LogP contribution in [-0.4, -0.2) is 87.5 Å². The van der Waals surface area contributed by atoms with E-state index in [-0.39, 0.29) is 12.5 Å². The molecule has 0 aromatic heterocycles. The van der Waals surface area contributed by atoms with Crippen molar-refractivity contribution in [3.05, 3.63) is 36.5 Å². The molecule has 0 bridgehead atoms. The summed E-state index contributed by atoms with van der Waals surface area (Å²) in [6.45, 7) is 3.88. The van der Waals surface area contributed by atoms with E-state index in [1.165, 1.54) is 295 Å². The zero-order valence-electron chi connectivity index (χ0n) is 55.0. The molecule has 1 aliphatic rings. The minimum absolute atomic E-state index is 0.133. The van der Waals surface area contributed by atoms with Crippen molar-refractivity contribution in [3.8, 4) is 0 Å². The molecule has 6 N–H and O–H groups in total. The molecule has 0 spiro atoms. The second kappa shape index (κ2) is 63.4. The minimum atomic E-state index is -1.55. The molecule has 1 rings (SSSR count). The fraction of sp³-hybridized carbons (Fsp3) is 0.905. The molecule has 1 saturated heterocycles. The van der Waals surface area contributed by atoms with Gasteiger partial charge in [0.15, 0.2) is 6.29 Å². The summed E-state index contributed by atoms with van der Waals surface area (Å²) in [4.78, 5) is 13.1. The lowest BCUT2D eigenvalue weighted by Crippen LogP contribution is -2.60. The minimum Gasteiger partial charge on any atom is -0.394 e. The smallest absolute Gasteiger partial charge is 0.220 e. The number of aliphatic hydroxyl groups is 5. The van der Waals surface area contributed by atoms with E-state index >= 15 is 0 Å². The Labute approximate surface area is 514 Å². The molecular formula is C74H141NO8. The van der Waals surface area contributed by atoms with Crippen LogP contribution in [0.5, 0.6) is 0 Å². The highest BCUT2D eigenvalue weighted by molar-refractivity contribution is 5.76. The van der Waals surface area contributed by atoms with Crippen LogP contribution in [0.15, 0.2) is 36.5 Å². The van der Waals surface area contributed by atoms with Crippen molar-refractivity contribution in [2.24, 2.45) is 0 Å². The lowest BCUT2D eigenvalue weighted by atomic mass is 9.99. The van der Waals surface area contributed by atoms with Crippen LogP contribution in [0, 0.1) is 0 Å². The normalized spacial score (nSPS) is 18.4. The average molecular weight is 1170 g/mol. The van der Waals surface area contributed by atoms with E-state index in [2.05, 4.69) is 55.6 Å². The van der Waals surface area contributed by atoms with E-state index in [0.29, 0.717) is 12.8 Å². The van der Waals surface area contributed by atoms with Crippen molar-refractivity contribution >= 4 is 5.91 Å². The summed E-state index contributed by atoms with van der Waals surface area (Å²) >= 11 is 0. The van der Waals surface area contributed by atoms with E-state index < -0.39 is 49.5 Å². The fourth-order valence-electron chi connectivity index (χ4n) is 12.0. The van der Waals surface area contributed by atoms with Crippen molar-refractivity contribution < 1.29 is 39.8 Å². The Balaban J connectivity index is 2.02. The van der Waals surface area contributed by atoms with Gasteiger partial charge in [-0.3, -0.25) is 4.79 Å². The predicted molar refractivity (Wildman–Crippen MR) is 355 cm³/mol. The molecule has 1 amide bonds. The molecule has 7 atom stereocenters. The Morgan fingerprint density at radius 1 is 0.410 bits per heavy atom. The van der Waals surface area contributed by atoms with E-state index in [0.717, 1.165) is 51.4 Å². The summed E-state index contributed by atoms with van der Waals surface area (Å²) < 4.78 is 11.4. The SMILES string of the molecule is CCCCCCC/C=C\C/C=C\C/C=C\CCCCCCCCCCCCCCCCCCCCCCCCCCCCC(=O)NC(COC1OC(CO)C(O)C(O)C1O)C(O)CCCCCCCCCCCCCCCCCCCCC. The molecule has 9 heteroatoms. The van der Waals surface area contributed by atoms with Gasteiger partial charge in [-0.1, -0.05) is 352 Å². The molecule has 0 aliphatic carbocycles. The molecule has 1 heterocycles. The number of hydrogen-bond acceptors (Lipinski definition) is 8. The monoisotopic (exact) mass is 1170 g/mol. The average Bonchev–Trinajstić information content (AvgIpc) is 3.61. The predicted octanol–water partition coefficient (Wildman–Crippen LogP) is 20.2. The summed E-state index contributed by atoms with van der Waals surface area (Å²) in [5.41, 5.74) is 0.